The summed E-state index contributed by atoms with van der Waals surface area (Å²) in [7, 11) is 0. The van der Waals surface area contributed by atoms with Crippen molar-refractivity contribution in [2.45, 2.75) is 6.92 Å². The van der Waals surface area contributed by atoms with Crippen LogP contribution in [0.4, 0.5) is 0 Å². The molecule has 4 nitrogen and oxygen atoms in total. The van der Waals surface area contributed by atoms with Crippen molar-refractivity contribution in [2.75, 3.05) is 6.61 Å². The first-order valence-corrected chi connectivity index (χ1v) is 9.51. The van der Waals surface area contributed by atoms with Crippen LogP contribution < -0.4 is 10.2 Å². The zero-order valence-corrected chi connectivity index (χ0v) is 16.4. The van der Waals surface area contributed by atoms with Crippen molar-refractivity contribution in [3.8, 4) is 5.75 Å². The monoisotopic (exact) mass is 436 g/mol. The molecular formula is C18H14BrClN2O2S. The smallest absolute Gasteiger partial charge is 0.283 e. The van der Waals surface area contributed by atoms with E-state index in [2.05, 4.69) is 26.5 Å². The second kappa shape index (κ2) is 7.99. The lowest BCUT2D eigenvalue weighted by Gasteiger charge is -2.07. The van der Waals surface area contributed by atoms with E-state index in [-0.39, 0.29) is 5.91 Å². The number of hydrazone groups is 1. The SMILES string of the molecule is CCOc1ccc(Br)cc1/C=N/NC(=O)c1sc2ccccc2c1Cl. The van der Waals surface area contributed by atoms with Crippen molar-refractivity contribution in [1.82, 2.24) is 5.43 Å². The van der Waals surface area contributed by atoms with Gasteiger partial charge in [0, 0.05) is 20.1 Å². The molecule has 25 heavy (non-hydrogen) atoms. The van der Waals surface area contributed by atoms with E-state index in [1.807, 2.05) is 49.4 Å². The van der Waals surface area contributed by atoms with Gasteiger partial charge in [-0.1, -0.05) is 45.7 Å². The molecule has 0 atom stereocenters. The number of carbonyl (C=O) groups is 1. The van der Waals surface area contributed by atoms with E-state index in [1.165, 1.54) is 11.3 Å². The first-order chi connectivity index (χ1) is 12.1. The van der Waals surface area contributed by atoms with Gasteiger partial charge in [0.05, 0.1) is 17.8 Å². The van der Waals surface area contributed by atoms with Crippen LogP contribution in [0.15, 0.2) is 52.0 Å². The molecule has 2 aromatic carbocycles. The maximum absolute atomic E-state index is 12.4. The summed E-state index contributed by atoms with van der Waals surface area (Å²) < 4.78 is 7.41. The van der Waals surface area contributed by atoms with E-state index in [0.717, 1.165) is 20.1 Å². The summed E-state index contributed by atoms with van der Waals surface area (Å²) in [6.07, 6.45) is 1.55. The minimum absolute atomic E-state index is 0.338. The Morgan fingerprint density at radius 1 is 1.36 bits per heavy atom. The van der Waals surface area contributed by atoms with E-state index < -0.39 is 0 Å². The number of amides is 1. The van der Waals surface area contributed by atoms with Crippen LogP contribution in [0.3, 0.4) is 0 Å². The Morgan fingerprint density at radius 2 is 2.16 bits per heavy atom. The number of halogens is 2. The molecule has 0 saturated carbocycles. The summed E-state index contributed by atoms with van der Waals surface area (Å²) in [4.78, 5) is 12.8. The Balaban J connectivity index is 1.79. The van der Waals surface area contributed by atoms with Gasteiger partial charge >= 0.3 is 0 Å². The van der Waals surface area contributed by atoms with E-state index >= 15 is 0 Å². The van der Waals surface area contributed by atoms with Gasteiger partial charge in [0.1, 0.15) is 10.6 Å². The lowest BCUT2D eigenvalue weighted by Crippen LogP contribution is -2.16. The molecule has 1 heterocycles. The number of ether oxygens (including phenoxy) is 1. The highest BCUT2D eigenvalue weighted by Gasteiger charge is 2.16. The second-order valence-corrected chi connectivity index (χ2v) is 7.40. The predicted molar refractivity (Wildman–Crippen MR) is 107 cm³/mol. The van der Waals surface area contributed by atoms with Gasteiger partial charge in [0.2, 0.25) is 0 Å². The number of nitrogens with zero attached hydrogens (tertiary/aromatic N) is 1. The van der Waals surface area contributed by atoms with Gasteiger partial charge in [-0.25, -0.2) is 5.43 Å². The van der Waals surface area contributed by atoms with E-state index in [9.17, 15) is 4.79 Å². The predicted octanol–water partition coefficient (Wildman–Crippen LogP) is 5.48. The summed E-state index contributed by atoms with van der Waals surface area (Å²) >= 11 is 11.1. The Kier molecular flexibility index (Phi) is 5.73. The molecule has 1 amide bonds. The third-order valence-electron chi connectivity index (χ3n) is 3.38. The zero-order valence-electron chi connectivity index (χ0n) is 13.3. The fourth-order valence-corrected chi connectivity index (χ4v) is 4.06. The van der Waals surface area contributed by atoms with Crippen molar-refractivity contribution in [1.29, 1.82) is 0 Å². The van der Waals surface area contributed by atoms with Gasteiger partial charge in [-0.05, 0) is 31.2 Å². The van der Waals surface area contributed by atoms with Crippen LogP contribution in [0.25, 0.3) is 10.1 Å². The minimum atomic E-state index is -0.338. The van der Waals surface area contributed by atoms with Gasteiger partial charge in [-0.15, -0.1) is 11.3 Å². The van der Waals surface area contributed by atoms with Crippen molar-refractivity contribution in [3.63, 3.8) is 0 Å². The Morgan fingerprint density at radius 3 is 2.92 bits per heavy atom. The van der Waals surface area contributed by atoms with Crippen LogP contribution in [0.2, 0.25) is 5.02 Å². The van der Waals surface area contributed by atoms with Crippen molar-refractivity contribution in [2.24, 2.45) is 5.10 Å². The van der Waals surface area contributed by atoms with E-state index in [1.54, 1.807) is 6.21 Å². The first kappa shape index (κ1) is 17.9. The number of thiophene rings is 1. The summed E-state index contributed by atoms with van der Waals surface area (Å²) in [5.41, 5.74) is 3.29. The van der Waals surface area contributed by atoms with Crippen LogP contribution >= 0.6 is 38.9 Å². The van der Waals surface area contributed by atoms with Crippen LogP contribution in [0, 0.1) is 0 Å². The van der Waals surface area contributed by atoms with Crippen LogP contribution in [-0.2, 0) is 0 Å². The Bertz CT molecular complexity index is 955. The minimum Gasteiger partial charge on any atom is -0.493 e. The Hall–Kier alpha value is -1.89. The fourth-order valence-electron chi connectivity index (χ4n) is 2.28. The molecule has 0 bridgehead atoms. The third kappa shape index (κ3) is 4.03. The molecule has 1 N–H and O–H groups in total. The van der Waals surface area contributed by atoms with Gasteiger partial charge < -0.3 is 4.74 Å². The standard InChI is InChI=1S/C18H14BrClN2O2S/c1-2-24-14-8-7-12(19)9-11(14)10-21-22-18(23)17-16(20)13-5-3-4-6-15(13)25-17/h3-10H,2H2,1H3,(H,22,23)/b21-10+. The molecule has 3 rings (SSSR count). The van der Waals surface area contributed by atoms with Crippen molar-refractivity contribution >= 4 is 61.1 Å². The molecule has 0 aliphatic heterocycles. The number of nitrogens with one attached hydrogen (secondary N) is 1. The molecule has 0 radical (unpaired) electrons. The summed E-state index contributed by atoms with van der Waals surface area (Å²) in [6.45, 7) is 2.46. The molecule has 0 saturated heterocycles. The number of carbonyl (C=O) groups excluding carboxylic acids is 1. The van der Waals surface area contributed by atoms with Gasteiger partial charge in [-0.3, -0.25) is 4.79 Å². The number of fused-ring (bicyclic) bond motifs is 1. The van der Waals surface area contributed by atoms with Gasteiger partial charge in [0.25, 0.3) is 5.91 Å². The lowest BCUT2D eigenvalue weighted by molar-refractivity contribution is 0.0959. The molecule has 0 aliphatic rings. The second-order valence-electron chi connectivity index (χ2n) is 5.06. The number of rotatable bonds is 5. The molecule has 1 aromatic heterocycles. The summed E-state index contributed by atoms with van der Waals surface area (Å²) in [5.74, 6) is 0.360. The van der Waals surface area contributed by atoms with Crippen molar-refractivity contribution < 1.29 is 9.53 Å². The topological polar surface area (TPSA) is 50.7 Å². The molecule has 0 aliphatic carbocycles. The highest BCUT2D eigenvalue weighted by Crippen LogP contribution is 2.34. The molecule has 128 valence electrons. The number of hydrogen-bond donors (Lipinski definition) is 1. The first-order valence-electron chi connectivity index (χ1n) is 7.53. The molecule has 0 unspecified atom stereocenters. The van der Waals surface area contributed by atoms with Crippen LogP contribution in [0.1, 0.15) is 22.2 Å². The van der Waals surface area contributed by atoms with Gasteiger partial charge in [0.15, 0.2) is 0 Å². The largest absolute Gasteiger partial charge is 0.493 e. The average molecular weight is 438 g/mol. The highest BCUT2D eigenvalue weighted by molar-refractivity contribution is 9.10. The van der Waals surface area contributed by atoms with Crippen LogP contribution in [-0.4, -0.2) is 18.7 Å². The molecular weight excluding hydrogens is 424 g/mol. The maximum Gasteiger partial charge on any atom is 0.283 e. The summed E-state index contributed by atoms with van der Waals surface area (Å²) in [5, 5.41) is 5.36. The normalized spacial score (nSPS) is 11.2. The average Bonchev–Trinajstić information content (AvgIpc) is 2.94. The van der Waals surface area contributed by atoms with Crippen LogP contribution in [0.5, 0.6) is 5.75 Å². The maximum atomic E-state index is 12.4. The van der Waals surface area contributed by atoms with Gasteiger partial charge in [-0.2, -0.15) is 5.10 Å². The fraction of sp³-hybridized carbons (Fsp3) is 0.111. The quantitative estimate of drug-likeness (QED) is 0.424. The zero-order chi connectivity index (χ0) is 17.8. The van der Waals surface area contributed by atoms with E-state index in [0.29, 0.717) is 22.3 Å². The molecule has 0 spiro atoms. The Labute approximate surface area is 162 Å². The highest BCUT2D eigenvalue weighted by atomic mass is 79.9. The molecule has 7 heteroatoms. The van der Waals surface area contributed by atoms with E-state index in [4.69, 9.17) is 16.3 Å². The summed E-state index contributed by atoms with van der Waals surface area (Å²) in [6, 6.07) is 13.2. The number of hydrogen-bond acceptors (Lipinski definition) is 4. The van der Waals surface area contributed by atoms with Crippen molar-refractivity contribution in [3.05, 3.63) is 62.4 Å². The third-order valence-corrected chi connectivity index (χ3v) is 5.55. The number of benzene rings is 2. The molecule has 3 aromatic rings. The lowest BCUT2D eigenvalue weighted by atomic mass is 10.2. The molecule has 0 fully saturated rings.